The normalized spacial score (nSPS) is 14.4. The molecule has 0 bridgehead atoms. The van der Waals surface area contributed by atoms with Crippen LogP contribution in [0.5, 0.6) is 5.75 Å². The number of benzene rings is 1. The van der Waals surface area contributed by atoms with Crippen molar-refractivity contribution >= 4 is 5.96 Å². The molecule has 1 aromatic heterocycles. The van der Waals surface area contributed by atoms with Gasteiger partial charge in [0.2, 0.25) is 0 Å². The Balaban J connectivity index is 1.52. The minimum absolute atomic E-state index is 0.577. The quantitative estimate of drug-likeness (QED) is 0.566. The molecule has 7 nitrogen and oxygen atoms in total. The van der Waals surface area contributed by atoms with Crippen molar-refractivity contribution < 1.29 is 4.74 Å². The Labute approximate surface area is 148 Å². The molecule has 134 valence electrons. The van der Waals surface area contributed by atoms with Crippen LogP contribution in [-0.4, -0.2) is 34.4 Å². The Morgan fingerprint density at radius 3 is 2.84 bits per heavy atom. The summed E-state index contributed by atoms with van der Waals surface area (Å²) < 4.78 is 7.96. The summed E-state index contributed by atoms with van der Waals surface area (Å²) in [7, 11) is 1.76. The van der Waals surface area contributed by atoms with Crippen molar-refractivity contribution in [2.24, 2.45) is 10.9 Å². The molecule has 0 aliphatic heterocycles. The van der Waals surface area contributed by atoms with Gasteiger partial charge >= 0.3 is 0 Å². The predicted octanol–water partition coefficient (Wildman–Crippen LogP) is 1.95. The molecule has 1 aliphatic rings. The number of nitrogens with zero attached hydrogens (tertiary/aromatic N) is 4. The summed E-state index contributed by atoms with van der Waals surface area (Å²) in [6.45, 7) is 4.96. The SMILES string of the molecule is CCn1cnnc1CNC(=NC)NCc1ccccc1OCC1CC1. The van der Waals surface area contributed by atoms with Gasteiger partial charge in [-0.25, -0.2) is 0 Å². The fourth-order valence-corrected chi connectivity index (χ4v) is 2.53. The highest BCUT2D eigenvalue weighted by Gasteiger charge is 2.22. The third-order valence-electron chi connectivity index (χ3n) is 4.26. The molecule has 3 rings (SSSR count). The number of hydrogen-bond acceptors (Lipinski definition) is 4. The first-order valence-electron chi connectivity index (χ1n) is 8.82. The Hall–Kier alpha value is -2.57. The Bertz CT molecular complexity index is 707. The maximum atomic E-state index is 5.95. The fourth-order valence-electron chi connectivity index (χ4n) is 2.53. The van der Waals surface area contributed by atoms with Crippen LogP contribution in [0.15, 0.2) is 35.6 Å². The average Bonchev–Trinajstić information content (AvgIpc) is 3.37. The Kier molecular flexibility index (Phi) is 5.87. The van der Waals surface area contributed by atoms with Crippen molar-refractivity contribution in [3.63, 3.8) is 0 Å². The summed E-state index contributed by atoms with van der Waals surface area (Å²) in [5, 5.41) is 14.7. The van der Waals surface area contributed by atoms with Gasteiger partial charge in [-0.1, -0.05) is 18.2 Å². The maximum absolute atomic E-state index is 5.95. The standard InChI is InChI=1S/C18H26N6O/c1-3-24-13-22-23-17(24)11-21-18(19-2)20-10-15-6-4-5-7-16(15)25-12-14-8-9-14/h4-7,13-14H,3,8-12H2,1-2H3,(H2,19,20,21). The molecule has 0 saturated heterocycles. The lowest BCUT2D eigenvalue weighted by molar-refractivity contribution is 0.296. The summed E-state index contributed by atoms with van der Waals surface area (Å²) in [6, 6.07) is 8.15. The van der Waals surface area contributed by atoms with Gasteiger partial charge in [0.15, 0.2) is 11.8 Å². The summed E-state index contributed by atoms with van der Waals surface area (Å²) in [5.74, 6) is 3.30. The van der Waals surface area contributed by atoms with E-state index in [0.717, 1.165) is 42.2 Å². The maximum Gasteiger partial charge on any atom is 0.191 e. The molecule has 0 spiro atoms. The minimum Gasteiger partial charge on any atom is -0.493 e. The van der Waals surface area contributed by atoms with Crippen LogP contribution in [0.1, 0.15) is 31.2 Å². The molecule has 25 heavy (non-hydrogen) atoms. The second-order valence-electron chi connectivity index (χ2n) is 6.17. The summed E-state index contributed by atoms with van der Waals surface area (Å²) in [5.41, 5.74) is 1.13. The molecule has 0 atom stereocenters. The second-order valence-corrected chi connectivity index (χ2v) is 6.17. The van der Waals surface area contributed by atoms with Gasteiger partial charge in [0.05, 0.1) is 13.2 Å². The van der Waals surface area contributed by atoms with E-state index in [1.54, 1.807) is 13.4 Å². The van der Waals surface area contributed by atoms with E-state index < -0.39 is 0 Å². The minimum atomic E-state index is 0.577. The zero-order valence-corrected chi connectivity index (χ0v) is 14.9. The van der Waals surface area contributed by atoms with Crippen LogP contribution in [0, 0.1) is 5.92 Å². The molecule has 0 radical (unpaired) electrons. The van der Waals surface area contributed by atoms with Gasteiger partial charge in [-0.05, 0) is 31.7 Å². The largest absolute Gasteiger partial charge is 0.493 e. The van der Waals surface area contributed by atoms with Gasteiger partial charge < -0.3 is 19.9 Å². The van der Waals surface area contributed by atoms with Gasteiger partial charge in [-0.2, -0.15) is 0 Å². The van der Waals surface area contributed by atoms with Crippen LogP contribution in [0.25, 0.3) is 0 Å². The molecular weight excluding hydrogens is 316 g/mol. The highest BCUT2D eigenvalue weighted by atomic mass is 16.5. The van der Waals surface area contributed by atoms with Crippen molar-refractivity contribution in [3.8, 4) is 5.75 Å². The van der Waals surface area contributed by atoms with Crippen molar-refractivity contribution in [2.75, 3.05) is 13.7 Å². The molecule has 0 unspecified atom stereocenters. The third kappa shape index (κ3) is 4.95. The first-order valence-corrected chi connectivity index (χ1v) is 8.82. The number of para-hydroxylation sites is 1. The van der Waals surface area contributed by atoms with E-state index in [1.165, 1.54) is 12.8 Å². The number of nitrogens with one attached hydrogen (secondary N) is 2. The van der Waals surface area contributed by atoms with E-state index in [1.807, 2.05) is 22.8 Å². The molecule has 2 N–H and O–H groups in total. The van der Waals surface area contributed by atoms with E-state index in [-0.39, 0.29) is 0 Å². The summed E-state index contributed by atoms with van der Waals surface area (Å²) >= 11 is 0. The summed E-state index contributed by atoms with van der Waals surface area (Å²) in [6.07, 6.45) is 4.32. The Morgan fingerprint density at radius 2 is 2.08 bits per heavy atom. The molecule has 1 heterocycles. The first kappa shape index (κ1) is 17.3. The van der Waals surface area contributed by atoms with Crippen LogP contribution in [-0.2, 0) is 19.6 Å². The number of aliphatic imine (C=N–C) groups is 1. The van der Waals surface area contributed by atoms with Crippen molar-refractivity contribution in [3.05, 3.63) is 42.0 Å². The monoisotopic (exact) mass is 342 g/mol. The van der Waals surface area contributed by atoms with Crippen LogP contribution in [0.2, 0.25) is 0 Å². The van der Waals surface area contributed by atoms with Gasteiger partial charge in [0.25, 0.3) is 0 Å². The van der Waals surface area contributed by atoms with Crippen LogP contribution < -0.4 is 15.4 Å². The second kappa shape index (κ2) is 8.50. The zero-order chi connectivity index (χ0) is 17.5. The van der Waals surface area contributed by atoms with Gasteiger partial charge in [-0.3, -0.25) is 4.99 Å². The molecule has 0 amide bonds. The molecule has 1 aliphatic carbocycles. The molecule has 7 heteroatoms. The lowest BCUT2D eigenvalue weighted by Gasteiger charge is -2.14. The van der Waals surface area contributed by atoms with E-state index in [2.05, 4.69) is 38.8 Å². The smallest absolute Gasteiger partial charge is 0.191 e. The fraction of sp³-hybridized carbons (Fsp3) is 0.500. The van der Waals surface area contributed by atoms with Crippen LogP contribution in [0.3, 0.4) is 0 Å². The van der Waals surface area contributed by atoms with Gasteiger partial charge in [0, 0.05) is 25.7 Å². The number of ether oxygens (including phenoxy) is 1. The van der Waals surface area contributed by atoms with E-state index in [4.69, 9.17) is 4.74 Å². The number of rotatable bonds is 8. The van der Waals surface area contributed by atoms with E-state index in [9.17, 15) is 0 Å². The van der Waals surface area contributed by atoms with Crippen molar-refractivity contribution in [2.45, 2.75) is 39.4 Å². The van der Waals surface area contributed by atoms with Crippen LogP contribution >= 0.6 is 0 Å². The highest BCUT2D eigenvalue weighted by molar-refractivity contribution is 5.79. The van der Waals surface area contributed by atoms with E-state index in [0.29, 0.717) is 13.1 Å². The number of aryl methyl sites for hydroxylation is 1. The molecule has 2 aromatic rings. The highest BCUT2D eigenvalue weighted by Crippen LogP contribution is 2.30. The topological polar surface area (TPSA) is 76.4 Å². The summed E-state index contributed by atoms with van der Waals surface area (Å²) in [4.78, 5) is 4.27. The third-order valence-corrected chi connectivity index (χ3v) is 4.26. The van der Waals surface area contributed by atoms with Gasteiger partial charge in [-0.15, -0.1) is 10.2 Å². The van der Waals surface area contributed by atoms with Gasteiger partial charge in [0.1, 0.15) is 12.1 Å². The van der Waals surface area contributed by atoms with E-state index >= 15 is 0 Å². The van der Waals surface area contributed by atoms with Crippen molar-refractivity contribution in [1.82, 2.24) is 25.4 Å². The Morgan fingerprint density at radius 1 is 1.28 bits per heavy atom. The molecule has 1 saturated carbocycles. The lowest BCUT2D eigenvalue weighted by atomic mass is 10.2. The number of hydrogen-bond donors (Lipinski definition) is 2. The average molecular weight is 342 g/mol. The molecule has 1 aromatic carbocycles. The van der Waals surface area contributed by atoms with Crippen LogP contribution in [0.4, 0.5) is 0 Å². The lowest BCUT2D eigenvalue weighted by Crippen LogP contribution is -2.37. The zero-order valence-electron chi connectivity index (χ0n) is 14.9. The molecular formula is C18H26N6O. The molecule has 1 fully saturated rings. The number of aromatic nitrogens is 3. The first-order chi connectivity index (χ1) is 12.3. The predicted molar refractivity (Wildman–Crippen MR) is 97.4 cm³/mol. The van der Waals surface area contributed by atoms with Crippen molar-refractivity contribution in [1.29, 1.82) is 0 Å². The number of guanidine groups is 1.